The molecule has 7 nitrogen and oxygen atoms in total. The standard InChI is InChI=1S/C20H19FN4O3S/c21-12-1-4-14(5-2-12)28-15-7-9-25(10-8-15)19(27)18(26)22-13-3-6-16-17(11-13)24-20(29)23-16/h1-6,11,15H,7-10H2,(H,22,26)(H2,23,24,29). The van der Waals surface area contributed by atoms with Crippen LogP contribution in [0.4, 0.5) is 10.1 Å². The van der Waals surface area contributed by atoms with Crippen LogP contribution in [0.2, 0.25) is 0 Å². The number of likely N-dealkylation sites (tertiary alicyclic amines) is 1. The number of rotatable bonds is 3. The van der Waals surface area contributed by atoms with Crippen molar-refractivity contribution in [2.45, 2.75) is 18.9 Å². The van der Waals surface area contributed by atoms with Crippen molar-refractivity contribution in [3.63, 3.8) is 0 Å². The summed E-state index contributed by atoms with van der Waals surface area (Å²) in [4.78, 5) is 32.3. The third-order valence-corrected chi connectivity index (χ3v) is 5.02. The number of nitrogens with zero attached hydrogens (tertiary/aromatic N) is 1. The van der Waals surface area contributed by atoms with Crippen LogP contribution in [0.1, 0.15) is 12.8 Å². The molecule has 2 aromatic carbocycles. The van der Waals surface area contributed by atoms with Crippen molar-refractivity contribution < 1.29 is 18.7 Å². The third kappa shape index (κ3) is 4.45. The molecule has 0 bridgehead atoms. The van der Waals surface area contributed by atoms with E-state index in [1.807, 2.05) is 0 Å². The van der Waals surface area contributed by atoms with E-state index in [2.05, 4.69) is 15.3 Å². The summed E-state index contributed by atoms with van der Waals surface area (Å²) in [5.41, 5.74) is 2.08. The number of benzene rings is 2. The zero-order valence-electron chi connectivity index (χ0n) is 15.4. The van der Waals surface area contributed by atoms with E-state index in [9.17, 15) is 14.0 Å². The van der Waals surface area contributed by atoms with Crippen LogP contribution < -0.4 is 10.1 Å². The van der Waals surface area contributed by atoms with Gasteiger partial charge in [0.2, 0.25) is 0 Å². The minimum atomic E-state index is -0.684. The Kier molecular flexibility index (Phi) is 5.30. The fourth-order valence-electron chi connectivity index (χ4n) is 3.32. The fraction of sp³-hybridized carbons (Fsp3) is 0.250. The molecule has 29 heavy (non-hydrogen) atoms. The number of hydrogen-bond donors (Lipinski definition) is 3. The van der Waals surface area contributed by atoms with Crippen LogP contribution in [0.3, 0.4) is 0 Å². The summed E-state index contributed by atoms with van der Waals surface area (Å²) < 4.78 is 19.3. The highest BCUT2D eigenvalue weighted by molar-refractivity contribution is 7.71. The highest BCUT2D eigenvalue weighted by Crippen LogP contribution is 2.20. The molecule has 3 N–H and O–H groups in total. The Morgan fingerprint density at radius 1 is 1.07 bits per heavy atom. The monoisotopic (exact) mass is 414 g/mol. The lowest BCUT2D eigenvalue weighted by Crippen LogP contribution is -2.46. The topological polar surface area (TPSA) is 90.2 Å². The number of piperidine rings is 1. The van der Waals surface area contributed by atoms with Crippen LogP contribution in [0.25, 0.3) is 11.0 Å². The van der Waals surface area contributed by atoms with Crippen LogP contribution in [0.5, 0.6) is 5.75 Å². The van der Waals surface area contributed by atoms with Crippen molar-refractivity contribution in [2.24, 2.45) is 0 Å². The van der Waals surface area contributed by atoms with Gasteiger partial charge in [-0.3, -0.25) is 9.59 Å². The normalized spacial score (nSPS) is 14.7. The predicted octanol–water partition coefficient (Wildman–Crippen LogP) is 3.37. The number of aromatic nitrogens is 2. The molecule has 2 heterocycles. The van der Waals surface area contributed by atoms with Gasteiger partial charge in [-0.2, -0.15) is 0 Å². The van der Waals surface area contributed by atoms with Crippen molar-refractivity contribution in [3.05, 3.63) is 53.1 Å². The molecule has 2 amide bonds. The van der Waals surface area contributed by atoms with Crippen molar-refractivity contribution in [2.75, 3.05) is 18.4 Å². The number of fused-ring (bicyclic) bond motifs is 1. The maximum atomic E-state index is 13.0. The molecule has 0 aliphatic carbocycles. The second kappa shape index (κ2) is 8.04. The minimum Gasteiger partial charge on any atom is -0.490 e. The number of halogens is 1. The number of ether oxygens (including phenoxy) is 1. The molecule has 1 aliphatic rings. The van der Waals surface area contributed by atoms with E-state index < -0.39 is 11.8 Å². The zero-order chi connectivity index (χ0) is 20.4. The van der Waals surface area contributed by atoms with Crippen LogP contribution >= 0.6 is 12.2 Å². The van der Waals surface area contributed by atoms with Crippen LogP contribution in [0.15, 0.2) is 42.5 Å². The molecule has 1 fully saturated rings. The van der Waals surface area contributed by atoms with Crippen molar-refractivity contribution in [3.8, 4) is 5.75 Å². The average molecular weight is 414 g/mol. The lowest BCUT2D eigenvalue weighted by molar-refractivity contribution is -0.144. The first kappa shape index (κ1) is 19.1. The van der Waals surface area contributed by atoms with E-state index in [-0.39, 0.29) is 11.9 Å². The van der Waals surface area contributed by atoms with Gasteiger partial charge in [-0.15, -0.1) is 0 Å². The molecule has 9 heteroatoms. The average Bonchev–Trinajstić information content (AvgIpc) is 3.09. The van der Waals surface area contributed by atoms with E-state index in [4.69, 9.17) is 17.0 Å². The van der Waals surface area contributed by atoms with E-state index >= 15 is 0 Å². The summed E-state index contributed by atoms with van der Waals surface area (Å²) in [6.45, 7) is 0.837. The summed E-state index contributed by atoms with van der Waals surface area (Å²) in [7, 11) is 0. The number of aromatic amines is 2. The summed E-state index contributed by atoms with van der Waals surface area (Å²) in [6, 6.07) is 11.0. The first-order valence-corrected chi connectivity index (χ1v) is 9.63. The first-order chi connectivity index (χ1) is 14.0. The smallest absolute Gasteiger partial charge is 0.313 e. The van der Waals surface area contributed by atoms with Gasteiger partial charge in [0.25, 0.3) is 0 Å². The van der Waals surface area contributed by atoms with Gasteiger partial charge in [-0.05, 0) is 54.7 Å². The van der Waals surface area contributed by atoms with Crippen molar-refractivity contribution >= 4 is 40.8 Å². The van der Waals surface area contributed by atoms with Gasteiger partial charge < -0.3 is 24.9 Å². The van der Waals surface area contributed by atoms with Gasteiger partial charge in [0.1, 0.15) is 17.7 Å². The van der Waals surface area contributed by atoms with Crippen molar-refractivity contribution in [1.82, 2.24) is 14.9 Å². The maximum Gasteiger partial charge on any atom is 0.313 e. The number of carbonyl (C=O) groups is 2. The minimum absolute atomic E-state index is 0.0771. The highest BCUT2D eigenvalue weighted by Gasteiger charge is 2.28. The van der Waals surface area contributed by atoms with E-state index in [1.165, 1.54) is 17.0 Å². The Morgan fingerprint density at radius 2 is 1.76 bits per heavy atom. The van der Waals surface area contributed by atoms with Crippen LogP contribution in [-0.2, 0) is 9.59 Å². The Morgan fingerprint density at radius 3 is 2.48 bits per heavy atom. The summed E-state index contributed by atoms with van der Waals surface area (Å²) in [5, 5.41) is 2.63. The molecule has 1 aromatic heterocycles. The third-order valence-electron chi connectivity index (χ3n) is 4.81. The lowest BCUT2D eigenvalue weighted by Gasteiger charge is -2.31. The molecule has 0 saturated carbocycles. The second-order valence-corrected chi connectivity index (χ2v) is 7.27. The van der Waals surface area contributed by atoms with E-state index in [1.54, 1.807) is 30.3 Å². The summed E-state index contributed by atoms with van der Waals surface area (Å²) >= 11 is 5.04. The molecular weight excluding hydrogens is 395 g/mol. The number of hydrogen-bond acceptors (Lipinski definition) is 4. The maximum absolute atomic E-state index is 13.0. The number of anilines is 1. The SMILES string of the molecule is O=C(Nc1ccc2[nH]c(=S)[nH]c2c1)C(=O)N1CCC(Oc2ccc(F)cc2)CC1. The molecule has 0 radical (unpaired) electrons. The van der Waals surface area contributed by atoms with Gasteiger partial charge in [0, 0.05) is 31.6 Å². The molecule has 1 aliphatic heterocycles. The predicted molar refractivity (Wildman–Crippen MR) is 109 cm³/mol. The summed E-state index contributed by atoms with van der Waals surface area (Å²) in [5.74, 6) is -0.987. The lowest BCUT2D eigenvalue weighted by atomic mass is 10.1. The molecule has 0 atom stereocenters. The Hall–Kier alpha value is -3.20. The largest absolute Gasteiger partial charge is 0.490 e. The summed E-state index contributed by atoms with van der Waals surface area (Å²) in [6.07, 6.45) is 1.12. The Labute approximate surface area is 170 Å². The molecular formula is C20H19FN4O3S. The van der Waals surface area contributed by atoms with Crippen LogP contribution in [0, 0.1) is 10.6 Å². The number of amides is 2. The number of imidazole rings is 1. The molecule has 0 unspecified atom stereocenters. The van der Waals surface area contributed by atoms with E-state index in [0.717, 1.165) is 11.0 Å². The van der Waals surface area contributed by atoms with Gasteiger partial charge in [-0.1, -0.05) is 0 Å². The van der Waals surface area contributed by atoms with Gasteiger partial charge >= 0.3 is 11.8 Å². The molecule has 150 valence electrons. The van der Waals surface area contributed by atoms with E-state index in [0.29, 0.717) is 42.1 Å². The number of carbonyl (C=O) groups excluding carboxylic acids is 2. The van der Waals surface area contributed by atoms with Gasteiger partial charge in [0.15, 0.2) is 4.77 Å². The van der Waals surface area contributed by atoms with Gasteiger partial charge in [-0.25, -0.2) is 4.39 Å². The fourth-order valence-corrected chi connectivity index (χ4v) is 3.54. The van der Waals surface area contributed by atoms with Crippen molar-refractivity contribution in [1.29, 1.82) is 0 Å². The second-order valence-electron chi connectivity index (χ2n) is 6.86. The quantitative estimate of drug-likeness (QED) is 0.453. The number of nitrogens with one attached hydrogen (secondary N) is 3. The molecule has 0 spiro atoms. The zero-order valence-corrected chi connectivity index (χ0v) is 16.2. The Balaban J connectivity index is 1.31. The molecule has 4 rings (SSSR count). The first-order valence-electron chi connectivity index (χ1n) is 9.22. The van der Waals surface area contributed by atoms with Gasteiger partial charge in [0.05, 0.1) is 11.0 Å². The highest BCUT2D eigenvalue weighted by atomic mass is 32.1. The molecule has 1 saturated heterocycles. The number of H-pyrrole nitrogens is 2. The molecule has 3 aromatic rings. The Bertz CT molecular complexity index is 1100. The van der Waals surface area contributed by atoms with Crippen LogP contribution in [-0.4, -0.2) is 45.9 Å².